The van der Waals surface area contributed by atoms with Gasteiger partial charge in [-0.1, -0.05) is 36.4 Å². The molecule has 0 aliphatic carbocycles. The van der Waals surface area contributed by atoms with E-state index in [9.17, 15) is 4.79 Å². The molecule has 0 radical (unpaired) electrons. The Hall–Kier alpha value is -2.89. The molecule has 0 fully saturated rings. The van der Waals surface area contributed by atoms with E-state index in [1.165, 1.54) is 4.90 Å². The van der Waals surface area contributed by atoms with E-state index in [4.69, 9.17) is 11.1 Å². The maximum absolute atomic E-state index is 12.2. The Morgan fingerprint density at radius 3 is 2.67 bits per heavy atom. The lowest BCUT2D eigenvalue weighted by molar-refractivity contribution is 0.219. The summed E-state index contributed by atoms with van der Waals surface area (Å²) in [7, 11) is 0. The van der Waals surface area contributed by atoms with Gasteiger partial charge in [0.1, 0.15) is 0 Å². The first-order valence-electron chi connectivity index (χ1n) is 7.91. The van der Waals surface area contributed by atoms with Crippen molar-refractivity contribution >= 4 is 12.0 Å². The van der Waals surface area contributed by atoms with Crippen molar-refractivity contribution in [3.05, 3.63) is 65.5 Å². The third-order valence-electron chi connectivity index (χ3n) is 3.74. The van der Waals surface area contributed by atoms with Crippen LogP contribution < -0.4 is 11.1 Å². The van der Waals surface area contributed by atoms with Crippen molar-refractivity contribution in [2.75, 3.05) is 6.54 Å². The minimum absolute atomic E-state index is 0.252. The first kappa shape index (κ1) is 17.5. The Labute approximate surface area is 142 Å². The summed E-state index contributed by atoms with van der Waals surface area (Å²) in [6, 6.07) is 13.2. The maximum Gasteiger partial charge on any atom is 0.324 e. The summed E-state index contributed by atoms with van der Waals surface area (Å²) in [5.74, 6) is -0.252. The second-order valence-corrected chi connectivity index (χ2v) is 5.55. The van der Waals surface area contributed by atoms with Crippen LogP contribution in [-0.4, -0.2) is 28.4 Å². The summed E-state index contributed by atoms with van der Waals surface area (Å²) >= 11 is 0. The highest BCUT2D eigenvalue weighted by molar-refractivity contribution is 5.93. The van der Waals surface area contributed by atoms with Crippen LogP contribution >= 0.6 is 0 Å². The molecule has 0 atom stereocenters. The number of aromatic nitrogens is 1. The Balaban J connectivity index is 1.85. The number of nitrogens with two attached hydrogens (primary N) is 1. The number of guanidine groups is 1. The predicted octanol–water partition coefficient (Wildman–Crippen LogP) is 2.43. The Kier molecular flexibility index (Phi) is 6.31. The summed E-state index contributed by atoms with van der Waals surface area (Å²) in [5, 5.41) is 10.4. The number of urea groups is 1. The second kappa shape index (κ2) is 8.67. The number of aryl methyl sites for hydroxylation is 2. The van der Waals surface area contributed by atoms with Crippen molar-refractivity contribution in [1.82, 2.24) is 15.2 Å². The summed E-state index contributed by atoms with van der Waals surface area (Å²) in [4.78, 5) is 17.8. The summed E-state index contributed by atoms with van der Waals surface area (Å²) in [6.45, 7) is 2.80. The molecule has 0 saturated carbocycles. The molecule has 2 rings (SSSR count). The van der Waals surface area contributed by atoms with Gasteiger partial charge in [0.25, 0.3) is 0 Å². The fraction of sp³-hybridized carbons (Fsp3) is 0.278. The van der Waals surface area contributed by atoms with Crippen LogP contribution in [0.15, 0.2) is 48.7 Å². The topological polar surface area (TPSA) is 95.1 Å². The molecule has 6 heteroatoms. The van der Waals surface area contributed by atoms with Crippen LogP contribution in [0, 0.1) is 12.3 Å². The van der Waals surface area contributed by atoms with Crippen LogP contribution in [0.1, 0.15) is 23.2 Å². The van der Waals surface area contributed by atoms with Gasteiger partial charge in [-0.05, 0) is 37.0 Å². The molecule has 1 heterocycles. The lowest BCUT2D eigenvalue weighted by atomic mass is 10.1. The van der Waals surface area contributed by atoms with Crippen LogP contribution in [0.5, 0.6) is 0 Å². The third kappa shape index (κ3) is 5.08. The predicted molar refractivity (Wildman–Crippen MR) is 94.6 cm³/mol. The number of nitrogens with one attached hydrogen (secondary N) is 2. The number of hydrogen-bond acceptors (Lipinski definition) is 3. The lowest BCUT2D eigenvalue weighted by Gasteiger charge is -2.21. The maximum atomic E-state index is 12.2. The molecule has 0 spiro atoms. The monoisotopic (exact) mass is 325 g/mol. The van der Waals surface area contributed by atoms with E-state index in [0.717, 1.165) is 23.2 Å². The zero-order valence-corrected chi connectivity index (χ0v) is 13.8. The number of amides is 2. The van der Waals surface area contributed by atoms with E-state index in [-0.39, 0.29) is 12.0 Å². The minimum Gasteiger partial charge on any atom is -0.370 e. The van der Waals surface area contributed by atoms with Crippen LogP contribution in [0.2, 0.25) is 0 Å². The van der Waals surface area contributed by atoms with Crippen molar-refractivity contribution < 1.29 is 4.79 Å². The standard InChI is InChI=1S/C18H23N5O/c1-14-7-5-11-21-16(14)10-6-12-23(17(19)20)18(24)22-13-15-8-3-2-4-9-15/h2-5,7-9,11H,6,10,12-13H2,1H3,(H3,19,20)(H,22,24). The van der Waals surface area contributed by atoms with Gasteiger partial charge in [0, 0.05) is 25.0 Å². The average Bonchev–Trinajstić information content (AvgIpc) is 2.58. The highest BCUT2D eigenvalue weighted by Crippen LogP contribution is 2.07. The van der Waals surface area contributed by atoms with Gasteiger partial charge < -0.3 is 11.1 Å². The largest absolute Gasteiger partial charge is 0.370 e. The van der Waals surface area contributed by atoms with E-state index in [1.807, 2.05) is 49.4 Å². The van der Waals surface area contributed by atoms with Crippen molar-refractivity contribution in [1.29, 1.82) is 5.41 Å². The second-order valence-electron chi connectivity index (χ2n) is 5.55. The van der Waals surface area contributed by atoms with Gasteiger partial charge in [0.05, 0.1) is 0 Å². The smallest absolute Gasteiger partial charge is 0.324 e. The average molecular weight is 325 g/mol. The molecule has 2 amide bonds. The first-order valence-corrected chi connectivity index (χ1v) is 7.91. The summed E-state index contributed by atoms with van der Waals surface area (Å²) in [6.07, 6.45) is 3.19. The summed E-state index contributed by atoms with van der Waals surface area (Å²) in [5.41, 5.74) is 8.68. The molecule has 0 aliphatic rings. The fourth-order valence-corrected chi connectivity index (χ4v) is 2.39. The zero-order chi connectivity index (χ0) is 17.4. The molecule has 126 valence electrons. The Bertz CT molecular complexity index is 687. The first-order chi connectivity index (χ1) is 11.6. The molecule has 4 N–H and O–H groups in total. The van der Waals surface area contributed by atoms with Crippen LogP contribution in [0.4, 0.5) is 4.79 Å². The molecule has 6 nitrogen and oxygen atoms in total. The number of carbonyl (C=O) groups excluding carboxylic acids is 1. The molecule has 1 aromatic heterocycles. The molecule has 24 heavy (non-hydrogen) atoms. The van der Waals surface area contributed by atoms with Gasteiger partial charge in [-0.3, -0.25) is 15.3 Å². The van der Waals surface area contributed by atoms with E-state index < -0.39 is 0 Å². The highest BCUT2D eigenvalue weighted by Gasteiger charge is 2.15. The van der Waals surface area contributed by atoms with E-state index in [0.29, 0.717) is 19.5 Å². The molecule has 2 aromatic rings. The van der Waals surface area contributed by atoms with Gasteiger partial charge in [-0.25, -0.2) is 4.79 Å². The van der Waals surface area contributed by atoms with E-state index in [2.05, 4.69) is 10.3 Å². The molecular formula is C18H23N5O. The number of benzene rings is 1. The van der Waals surface area contributed by atoms with E-state index >= 15 is 0 Å². The van der Waals surface area contributed by atoms with E-state index in [1.54, 1.807) is 6.20 Å². The SMILES string of the molecule is Cc1cccnc1CCCN(C(=N)N)C(=O)NCc1ccccc1. The van der Waals surface area contributed by atoms with Gasteiger partial charge in [0.15, 0.2) is 5.96 Å². The highest BCUT2D eigenvalue weighted by atomic mass is 16.2. The van der Waals surface area contributed by atoms with Crippen molar-refractivity contribution in [2.45, 2.75) is 26.3 Å². The third-order valence-corrected chi connectivity index (χ3v) is 3.74. The van der Waals surface area contributed by atoms with Gasteiger partial charge in [-0.15, -0.1) is 0 Å². The van der Waals surface area contributed by atoms with Gasteiger partial charge in [-0.2, -0.15) is 0 Å². The molecule has 0 unspecified atom stereocenters. The zero-order valence-electron chi connectivity index (χ0n) is 13.8. The molecule has 0 saturated heterocycles. The number of rotatable bonds is 6. The molecule has 1 aromatic carbocycles. The molecule has 0 bridgehead atoms. The normalized spacial score (nSPS) is 10.2. The van der Waals surface area contributed by atoms with Gasteiger partial charge in [0.2, 0.25) is 0 Å². The Morgan fingerprint density at radius 2 is 2.00 bits per heavy atom. The molecular weight excluding hydrogens is 302 g/mol. The Morgan fingerprint density at radius 1 is 1.25 bits per heavy atom. The van der Waals surface area contributed by atoms with Crippen LogP contribution in [0.25, 0.3) is 0 Å². The fourth-order valence-electron chi connectivity index (χ4n) is 2.39. The minimum atomic E-state index is -0.357. The van der Waals surface area contributed by atoms with Crippen molar-refractivity contribution in [3.63, 3.8) is 0 Å². The van der Waals surface area contributed by atoms with Gasteiger partial charge >= 0.3 is 6.03 Å². The van der Waals surface area contributed by atoms with Crippen LogP contribution in [0.3, 0.4) is 0 Å². The van der Waals surface area contributed by atoms with Crippen molar-refractivity contribution in [3.8, 4) is 0 Å². The van der Waals surface area contributed by atoms with Crippen molar-refractivity contribution in [2.24, 2.45) is 5.73 Å². The number of carbonyl (C=O) groups is 1. The number of nitrogens with zero attached hydrogens (tertiary/aromatic N) is 2. The molecule has 0 aliphatic heterocycles. The quantitative estimate of drug-likeness (QED) is 0.562. The number of hydrogen-bond donors (Lipinski definition) is 3. The summed E-state index contributed by atoms with van der Waals surface area (Å²) < 4.78 is 0. The number of pyridine rings is 1. The lowest BCUT2D eigenvalue weighted by Crippen LogP contribution is -2.47. The van der Waals surface area contributed by atoms with Crippen LogP contribution in [-0.2, 0) is 13.0 Å².